The number of para-hydroxylation sites is 1. The predicted molar refractivity (Wildman–Crippen MR) is 82.0 cm³/mol. The molecule has 0 saturated heterocycles. The smallest absolute Gasteiger partial charge is 0.203 e. The average Bonchev–Trinajstić information content (AvgIpc) is 2.97. The third-order valence-electron chi connectivity index (χ3n) is 3.99. The summed E-state index contributed by atoms with van der Waals surface area (Å²) in [5.41, 5.74) is 4.08. The van der Waals surface area contributed by atoms with Gasteiger partial charge in [0.05, 0.1) is 13.0 Å². The number of nitrogens with zero attached hydrogens (tertiary/aromatic N) is 1. The molecule has 0 aliphatic carbocycles. The SMILES string of the molecule is COc1ccc2nc(C3CCNc4ccccc43)oc2c1. The second-order valence-electron chi connectivity index (χ2n) is 5.24. The Hall–Kier alpha value is -2.49. The van der Waals surface area contributed by atoms with Crippen LogP contribution in [-0.2, 0) is 0 Å². The number of anilines is 1. The fourth-order valence-electron chi connectivity index (χ4n) is 2.92. The number of benzene rings is 2. The third kappa shape index (κ3) is 2.03. The first-order chi connectivity index (χ1) is 10.3. The van der Waals surface area contributed by atoms with Crippen LogP contribution in [0.3, 0.4) is 0 Å². The van der Waals surface area contributed by atoms with E-state index in [4.69, 9.17) is 9.15 Å². The number of oxazole rings is 1. The Labute approximate surface area is 122 Å². The number of hydrogen-bond donors (Lipinski definition) is 1. The molecule has 0 amide bonds. The summed E-state index contributed by atoms with van der Waals surface area (Å²) in [6, 6.07) is 14.1. The molecule has 0 saturated carbocycles. The van der Waals surface area contributed by atoms with Crippen molar-refractivity contribution in [3.05, 3.63) is 53.9 Å². The summed E-state index contributed by atoms with van der Waals surface area (Å²) in [6.45, 7) is 0.934. The molecular formula is C17H16N2O2. The minimum atomic E-state index is 0.209. The molecule has 1 N–H and O–H groups in total. The molecule has 0 bridgehead atoms. The van der Waals surface area contributed by atoms with Crippen molar-refractivity contribution in [3.8, 4) is 5.75 Å². The zero-order valence-electron chi connectivity index (χ0n) is 11.8. The van der Waals surface area contributed by atoms with Crippen LogP contribution in [0.1, 0.15) is 23.8 Å². The maximum absolute atomic E-state index is 5.99. The highest BCUT2D eigenvalue weighted by Crippen LogP contribution is 2.37. The molecule has 4 rings (SSSR count). The van der Waals surface area contributed by atoms with Crippen LogP contribution in [0, 0.1) is 0 Å². The van der Waals surface area contributed by atoms with Crippen molar-refractivity contribution < 1.29 is 9.15 Å². The van der Waals surface area contributed by atoms with Gasteiger partial charge in [0.2, 0.25) is 5.89 Å². The van der Waals surface area contributed by atoms with E-state index in [-0.39, 0.29) is 5.92 Å². The lowest BCUT2D eigenvalue weighted by molar-refractivity contribution is 0.414. The topological polar surface area (TPSA) is 47.3 Å². The van der Waals surface area contributed by atoms with Crippen molar-refractivity contribution in [2.24, 2.45) is 0 Å². The molecule has 21 heavy (non-hydrogen) atoms. The Morgan fingerprint density at radius 3 is 3.05 bits per heavy atom. The van der Waals surface area contributed by atoms with Crippen LogP contribution in [0.25, 0.3) is 11.1 Å². The standard InChI is InChI=1S/C17H16N2O2/c1-20-11-6-7-15-16(10-11)21-17(19-15)13-8-9-18-14-5-3-2-4-12(13)14/h2-7,10,13,18H,8-9H2,1H3. The van der Waals surface area contributed by atoms with E-state index in [0.717, 1.165) is 35.7 Å². The normalized spacial score (nSPS) is 17.3. The van der Waals surface area contributed by atoms with Gasteiger partial charge in [0.15, 0.2) is 5.58 Å². The molecule has 1 aliphatic rings. The van der Waals surface area contributed by atoms with E-state index in [1.165, 1.54) is 11.3 Å². The summed E-state index contributed by atoms with van der Waals surface area (Å²) in [5.74, 6) is 1.78. The first-order valence-corrected chi connectivity index (χ1v) is 7.12. The molecule has 2 heterocycles. The van der Waals surface area contributed by atoms with Gasteiger partial charge in [0.1, 0.15) is 11.3 Å². The highest BCUT2D eigenvalue weighted by molar-refractivity contribution is 5.74. The van der Waals surface area contributed by atoms with Gasteiger partial charge in [-0.25, -0.2) is 4.98 Å². The minimum Gasteiger partial charge on any atom is -0.497 e. The fourth-order valence-corrected chi connectivity index (χ4v) is 2.92. The van der Waals surface area contributed by atoms with E-state index < -0.39 is 0 Å². The van der Waals surface area contributed by atoms with Gasteiger partial charge < -0.3 is 14.5 Å². The van der Waals surface area contributed by atoms with E-state index in [9.17, 15) is 0 Å². The molecule has 4 nitrogen and oxygen atoms in total. The molecule has 0 radical (unpaired) electrons. The third-order valence-corrected chi connectivity index (χ3v) is 3.99. The van der Waals surface area contributed by atoms with Gasteiger partial charge in [-0.15, -0.1) is 0 Å². The zero-order valence-corrected chi connectivity index (χ0v) is 11.8. The molecule has 0 spiro atoms. The summed E-state index contributed by atoms with van der Waals surface area (Å²) < 4.78 is 11.2. The summed E-state index contributed by atoms with van der Waals surface area (Å²) in [5, 5.41) is 3.42. The van der Waals surface area contributed by atoms with E-state index >= 15 is 0 Å². The quantitative estimate of drug-likeness (QED) is 0.776. The molecule has 1 unspecified atom stereocenters. The highest BCUT2D eigenvalue weighted by atomic mass is 16.5. The van der Waals surface area contributed by atoms with E-state index in [1.807, 2.05) is 24.3 Å². The summed E-state index contributed by atoms with van der Waals surface area (Å²) in [7, 11) is 1.65. The van der Waals surface area contributed by atoms with Gasteiger partial charge in [-0.3, -0.25) is 0 Å². The van der Waals surface area contributed by atoms with Crippen LogP contribution in [0.4, 0.5) is 5.69 Å². The van der Waals surface area contributed by atoms with Crippen LogP contribution < -0.4 is 10.1 Å². The van der Waals surface area contributed by atoms with Crippen molar-refractivity contribution in [1.29, 1.82) is 0 Å². The molecule has 3 aromatic rings. The Balaban J connectivity index is 1.80. The number of methoxy groups -OCH3 is 1. The molecule has 2 aromatic carbocycles. The number of ether oxygens (including phenoxy) is 1. The Bertz CT molecular complexity index is 794. The summed E-state index contributed by atoms with van der Waals surface area (Å²) >= 11 is 0. The van der Waals surface area contributed by atoms with Gasteiger partial charge in [0.25, 0.3) is 0 Å². The fraction of sp³-hybridized carbons (Fsp3) is 0.235. The lowest BCUT2D eigenvalue weighted by Crippen LogP contribution is -2.17. The monoisotopic (exact) mass is 280 g/mol. The largest absolute Gasteiger partial charge is 0.497 e. The lowest BCUT2D eigenvalue weighted by Gasteiger charge is -2.24. The molecule has 1 aromatic heterocycles. The van der Waals surface area contributed by atoms with Crippen molar-refractivity contribution in [1.82, 2.24) is 4.98 Å². The van der Waals surface area contributed by atoms with Crippen LogP contribution in [0.2, 0.25) is 0 Å². The molecule has 0 fully saturated rings. The van der Waals surface area contributed by atoms with E-state index in [2.05, 4.69) is 28.5 Å². The first-order valence-electron chi connectivity index (χ1n) is 7.12. The zero-order chi connectivity index (χ0) is 14.2. The number of aromatic nitrogens is 1. The van der Waals surface area contributed by atoms with Gasteiger partial charge in [-0.05, 0) is 30.2 Å². The lowest BCUT2D eigenvalue weighted by atomic mass is 9.91. The second kappa shape index (κ2) is 4.81. The average molecular weight is 280 g/mol. The maximum atomic E-state index is 5.99. The molecule has 106 valence electrons. The van der Waals surface area contributed by atoms with Crippen molar-refractivity contribution in [2.75, 3.05) is 19.0 Å². The van der Waals surface area contributed by atoms with Gasteiger partial charge >= 0.3 is 0 Å². The van der Waals surface area contributed by atoms with E-state index in [0.29, 0.717) is 0 Å². The van der Waals surface area contributed by atoms with Crippen LogP contribution in [0.5, 0.6) is 5.75 Å². The van der Waals surface area contributed by atoms with Crippen molar-refractivity contribution >= 4 is 16.8 Å². The van der Waals surface area contributed by atoms with Crippen LogP contribution in [0.15, 0.2) is 46.9 Å². The molecular weight excluding hydrogens is 264 g/mol. The molecule has 4 heteroatoms. The molecule has 1 atom stereocenters. The number of rotatable bonds is 2. The Morgan fingerprint density at radius 2 is 2.14 bits per heavy atom. The molecule has 1 aliphatic heterocycles. The summed E-state index contributed by atoms with van der Waals surface area (Å²) in [4.78, 5) is 4.66. The van der Waals surface area contributed by atoms with Crippen LogP contribution in [-0.4, -0.2) is 18.6 Å². The van der Waals surface area contributed by atoms with Crippen molar-refractivity contribution in [2.45, 2.75) is 12.3 Å². The number of hydrogen-bond acceptors (Lipinski definition) is 4. The van der Waals surface area contributed by atoms with Gasteiger partial charge in [-0.2, -0.15) is 0 Å². The second-order valence-corrected chi connectivity index (χ2v) is 5.24. The Morgan fingerprint density at radius 1 is 1.24 bits per heavy atom. The van der Waals surface area contributed by atoms with Crippen LogP contribution >= 0.6 is 0 Å². The van der Waals surface area contributed by atoms with E-state index in [1.54, 1.807) is 7.11 Å². The van der Waals surface area contributed by atoms with Gasteiger partial charge in [0, 0.05) is 18.3 Å². The predicted octanol–water partition coefficient (Wildman–Crippen LogP) is 3.78. The number of fused-ring (bicyclic) bond motifs is 2. The highest BCUT2D eigenvalue weighted by Gasteiger charge is 2.25. The first kappa shape index (κ1) is 12.3. The summed E-state index contributed by atoms with van der Waals surface area (Å²) in [6.07, 6.45) is 0.987. The van der Waals surface area contributed by atoms with Crippen molar-refractivity contribution in [3.63, 3.8) is 0 Å². The van der Waals surface area contributed by atoms with Gasteiger partial charge in [-0.1, -0.05) is 18.2 Å². The maximum Gasteiger partial charge on any atom is 0.203 e. The number of nitrogens with one attached hydrogen (secondary N) is 1. The Kier molecular flexibility index (Phi) is 2.81. The minimum absolute atomic E-state index is 0.209.